The summed E-state index contributed by atoms with van der Waals surface area (Å²) in [5, 5.41) is 5.57. The molecule has 4 rings (SSSR count). The van der Waals surface area contributed by atoms with Crippen LogP contribution in [0.5, 0.6) is 0 Å². The van der Waals surface area contributed by atoms with E-state index in [9.17, 15) is 4.79 Å². The number of aromatic nitrogens is 1. The van der Waals surface area contributed by atoms with Gasteiger partial charge in [-0.25, -0.2) is 0 Å². The number of pyridine rings is 1. The van der Waals surface area contributed by atoms with E-state index in [1.54, 1.807) is 17.5 Å². The number of hydrogen-bond acceptors (Lipinski definition) is 5. The molecular formula is C21H22N4OS. The average molecular weight is 379 g/mol. The SMILES string of the molecule is Cc1ccc(NC2c3ncccc3C(=O)N2Cc2cccs2)cc1N(C)C. The fourth-order valence-corrected chi connectivity index (χ4v) is 4.16. The lowest BCUT2D eigenvalue weighted by Gasteiger charge is -2.27. The van der Waals surface area contributed by atoms with Gasteiger partial charge in [0.1, 0.15) is 6.17 Å². The Morgan fingerprint density at radius 1 is 1.22 bits per heavy atom. The van der Waals surface area contributed by atoms with E-state index in [1.165, 1.54) is 5.56 Å². The highest BCUT2D eigenvalue weighted by Crippen LogP contribution is 2.35. The van der Waals surface area contributed by atoms with Crippen molar-refractivity contribution in [2.75, 3.05) is 24.3 Å². The minimum Gasteiger partial charge on any atom is -0.377 e. The summed E-state index contributed by atoms with van der Waals surface area (Å²) in [5.41, 5.74) is 4.78. The molecule has 0 fully saturated rings. The maximum Gasteiger partial charge on any atom is 0.258 e. The third kappa shape index (κ3) is 3.28. The van der Waals surface area contributed by atoms with Gasteiger partial charge >= 0.3 is 0 Å². The molecule has 1 amide bonds. The van der Waals surface area contributed by atoms with Crippen molar-refractivity contribution in [1.82, 2.24) is 9.88 Å². The Hall–Kier alpha value is -2.86. The van der Waals surface area contributed by atoms with Gasteiger partial charge in [-0.2, -0.15) is 0 Å². The molecule has 1 aliphatic rings. The first-order chi connectivity index (χ1) is 13.0. The van der Waals surface area contributed by atoms with Crippen molar-refractivity contribution >= 4 is 28.6 Å². The number of fused-ring (bicyclic) bond motifs is 1. The van der Waals surface area contributed by atoms with Crippen LogP contribution in [0.25, 0.3) is 0 Å². The second kappa shape index (κ2) is 7.04. The van der Waals surface area contributed by atoms with Crippen molar-refractivity contribution in [3.63, 3.8) is 0 Å². The van der Waals surface area contributed by atoms with Crippen LogP contribution >= 0.6 is 11.3 Å². The van der Waals surface area contributed by atoms with E-state index in [1.807, 2.05) is 42.6 Å². The molecule has 1 unspecified atom stereocenters. The van der Waals surface area contributed by atoms with Crippen molar-refractivity contribution in [1.29, 1.82) is 0 Å². The summed E-state index contributed by atoms with van der Waals surface area (Å²) < 4.78 is 0. The third-order valence-corrected chi connectivity index (χ3v) is 5.66. The van der Waals surface area contributed by atoms with Crippen molar-refractivity contribution in [2.45, 2.75) is 19.6 Å². The molecule has 0 saturated heterocycles. The Balaban J connectivity index is 1.69. The van der Waals surface area contributed by atoms with Gasteiger partial charge in [0.2, 0.25) is 0 Å². The molecule has 5 nitrogen and oxygen atoms in total. The van der Waals surface area contributed by atoms with Crippen LogP contribution in [-0.2, 0) is 6.54 Å². The zero-order valence-electron chi connectivity index (χ0n) is 15.6. The molecule has 3 heterocycles. The van der Waals surface area contributed by atoms with Crippen LogP contribution in [0.15, 0.2) is 54.0 Å². The number of carbonyl (C=O) groups is 1. The van der Waals surface area contributed by atoms with Gasteiger partial charge in [-0.3, -0.25) is 9.78 Å². The predicted octanol–water partition coefficient (Wildman–Crippen LogP) is 4.28. The van der Waals surface area contributed by atoms with Gasteiger partial charge in [0.05, 0.1) is 17.8 Å². The van der Waals surface area contributed by atoms with Gasteiger partial charge in [-0.05, 0) is 48.2 Å². The molecule has 0 radical (unpaired) electrons. The predicted molar refractivity (Wildman–Crippen MR) is 110 cm³/mol. The fraction of sp³-hybridized carbons (Fsp3) is 0.238. The van der Waals surface area contributed by atoms with Gasteiger partial charge in [-0.15, -0.1) is 11.3 Å². The van der Waals surface area contributed by atoms with Crippen molar-refractivity contribution in [2.24, 2.45) is 0 Å². The highest BCUT2D eigenvalue weighted by Gasteiger charge is 2.38. The standard InChI is InChI=1S/C21H22N4OS/c1-14-8-9-15(12-18(14)24(2)3)23-20-19-17(7-4-10-22-19)21(26)25(20)13-16-6-5-11-27-16/h4-12,20,23H,13H2,1-3H3. The first-order valence-corrected chi connectivity index (χ1v) is 9.75. The van der Waals surface area contributed by atoms with Crippen LogP contribution in [0, 0.1) is 6.92 Å². The van der Waals surface area contributed by atoms with Crippen LogP contribution in [0.4, 0.5) is 11.4 Å². The van der Waals surface area contributed by atoms with Crippen LogP contribution < -0.4 is 10.2 Å². The number of anilines is 2. The Morgan fingerprint density at radius 3 is 2.81 bits per heavy atom. The summed E-state index contributed by atoms with van der Waals surface area (Å²) >= 11 is 1.66. The van der Waals surface area contributed by atoms with Gasteiger partial charge in [0.15, 0.2) is 0 Å². The number of aryl methyl sites for hydroxylation is 1. The summed E-state index contributed by atoms with van der Waals surface area (Å²) in [6.07, 6.45) is 1.46. The molecule has 138 valence electrons. The van der Waals surface area contributed by atoms with Crippen LogP contribution in [0.2, 0.25) is 0 Å². The molecule has 0 aliphatic carbocycles. The molecule has 27 heavy (non-hydrogen) atoms. The van der Waals surface area contributed by atoms with Gasteiger partial charge < -0.3 is 15.1 Å². The van der Waals surface area contributed by atoms with Crippen molar-refractivity contribution in [3.05, 3.63) is 75.7 Å². The second-order valence-corrected chi connectivity index (χ2v) is 7.92. The van der Waals surface area contributed by atoms with Crippen LogP contribution in [-0.4, -0.2) is 29.9 Å². The zero-order valence-corrected chi connectivity index (χ0v) is 16.5. The number of thiophene rings is 1. The molecule has 1 atom stereocenters. The third-order valence-electron chi connectivity index (χ3n) is 4.80. The minimum atomic E-state index is -0.284. The normalized spacial score (nSPS) is 15.7. The molecular weight excluding hydrogens is 356 g/mol. The summed E-state index contributed by atoms with van der Waals surface area (Å²) in [4.78, 5) is 22.6. The van der Waals surface area contributed by atoms with E-state index in [4.69, 9.17) is 0 Å². The Morgan fingerprint density at radius 2 is 2.07 bits per heavy atom. The molecule has 0 bridgehead atoms. The van der Waals surface area contributed by atoms with Crippen molar-refractivity contribution < 1.29 is 4.79 Å². The van der Waals surface area contributed by atoms with E-state index in [2.05, 4.69) is 46.4 Å². The minimum absolute atomic E-state index is 0.0175. The van der Waals surface area contributed by atoms with E-state index >= 15 is 0 Å². The molecule has 2 aromatic heterocycles. The first kappa shape index (κ1) is 17.5. The molecule has 6 heteroatoms. The molecule has 1 N–H and O–H groups in total. The molecule has 0 saturated carbocycles. The number of amides is 1. The molecule has 0 spiro atoms. The first-order valence-electron chi connectivity index (χ1n) is 8.87. The summed E-state index contributed by atoms with van der Waals surface area (Å²) in [6, 6.07) is 14.0. The number of nitrogens with zero attached hydrogens (tertiary/aromatic N) is 3. The van der Waals surface area contributed by atoms with Crippen molar-refractivity contribution in [3.8, 4) is 0 Å². The summed E-state index contributed by atoms with van der Waals surface area (Å²) in [5.74, 6) is 0.0175. The monoisotopic (exact) mass is 378 g/mol. The lowest BCUT2D eigenvalue weighted by atomic mass is 10.1. The number of hydrogen-bond donors (Lipinski definition) is 1. The number of benzene rings is 1. The number of carbonyl (C=O) groups excluding carboxylic acids is 1. The maximum atomic E-state index is 13.0. The van der Waals surface area contributed by atoms with E-state index in [0.29, 0.717) is 12.1 Å². The molecule has 1 aromatic carbocycles. The molecule has 1 aliphatic heterocycles. The Bertz CT molecular complexity index is 968. The maximum absolute atomic E-state index is 13.0. The quantitative estimate of drug-likeness (QED) is 0.720. The summed E-state index contributed by atoms with van der Waals surface area (Å²) in [7, 11) is 4.07. The largest absolute Gasteiger partial charge is 0.377 e. The average Bonchev–Trinajstić information content (AvgIpc) is 3.26. The van der Waals surface area contributed by atoms with Gasteiger partial charge in [0.25, 0.3) is 5.91 Å². The van der Waals surface area contributed by atoms with Crippen LogP contribution in [0.3, 0.4) is 0 Å². The fourth-order valence-electron chi connectivity index (χ4n) is 3.45. The van der Waals surface area contributed by atoms with E-state index in [-0.39, 0.29) is 12.1 Å². The lowest BCUT2D eigenvalue weighted by Crippen LogP contribution is -2.31. The zero-order chi connectivity index (χ0) is 19.0. The summed E-state index contributed by atoms with van der Waals surface area (Å²) in [6.45, 7) is 2.66. The lowest BCUT2D eigenvalue weighted by molar-refractivity contribution is 0.0729. The topological polar surface area (TPSA) is 48.5 Å². The second-order valence-electron chi connectivity index (χ2n) is 6.89. The highest BCUT2D eigenvalue weighted by atomic mass is 32.1. The van der Waals surface area contributed by atoms with E-state index in [0.717, 1.165) is 21.9 Å². The van der Waals surface area contributed by atoms with Crippen LogP contribution in [0.1, 0.15) is 32.7 Å². The Kier molecular flexibility index (Phi) is 4.58. The van der Waals surface area contributed by atoms with Gasteiger partial charge in [-0.1, -0.05) is 12.1 Å². The number of nitrogens with one attached hydrogen (secondary N) is 1. The highest BCUT2D eigenvalue weighted by molar-refractivity contribution is 7.09. The Labute approximate surface area is 163 Å². The molecule has 3 aromatic rings. The number of rotatable bonds is 5. The smallest absolute Gasteiger partial charge is 0.258 e. The van der Waals surface area contributed by atoms with Gasteiger partial charge in [0, 0.05) is 36.5 Å². The van der Waals surface area contributed by atoms with E-state index < -0.39 is 0 Å².